The van der Waals surface area contributed by atoms with Crippen LogP contribution in [-0.2, 0) is 6.42 Å². The molecule has 0 saturated heterocycles. The number of hydrogen-bond donors (Lipinski definition) is 1. The van der Waals surface area contributed by atoms with Crippen molar-refractivity contribution < 1.29 is 0 Å². The summed E-state index contributed by atoms with van der Waals surface area (Å²) in [4.78, 5) is 4.41. The maximum atomic E-state index is 6.34. The molecule has 1 aromatic rings. The highest BCUT2D eigenvalue weighted by Gasteiger charge is 2.25. The molecule has 3 rings (SSSR count). The van der Waals surface area contributed by atoms with Gasteiger partial charge in [-0.3, -0.25) is 4.98 Å². The van der Waals surface area contributed by atoms with E-state index in [9.17, 15) is 0 Å². The van der Waals surface area contributed by atoms with E-state index in [1.54, 1.807) is 0 Å². The van der Waals surface area contributed by atoms with Crippen LogP contribution in [0.2, 0.25) is 0 Å². The fourth-order valence-corrected chi connectivity index (χ4v) is 2.44. The molecule has 0 saturated carbocycles. The normalized spacial score (nSPS) is 26.7. The van der Waals surface area contributed by atoms with Crippen molar-refractivity contribution in [2.45, 2.75) is 12.5 Å². The molecule has 2 unspecified atom stereocenters. The van der Waals surface area contributed by atoms with Crippen LogP contribution in [0.25, 0.3) is 0 Å². The van der Waals surface area contributed by atoms with Gasteiger partial charge in [0, 0.05) is 30.3 Å². The van der Waals surface area contributed by atoms with Crippen LogP contribution in [0.4, 0.5) is 0 Å². The summed E-state index contributed by atoms with van der Waals surface area (Å²) < 4.78 is 0. The summed E-state index contributed by atoms with van der Waals surface area (Å²) in [5.74, 6) is 0.301. The molecule has 0 bridgehead atoms. The van der Waals surface area contributed by atoms with E-state index in [0.717, 1.165) is 12.1 Å². The maximum absolute atomic E-state index is 6.34. The van der Waals surface area contributed by atoms with Gasteiger partial charge in [0.2, 0.25) is 0 Å². The van der Waals surface area contributed by atoms with E-state index in [2.05, 4.69) is 41.4 Å². The number of allylic oxidation sites excluding steroid dienone is 4. The summed E-state index contributed by atoms with van der Waals surface area (Å²) in [7, 11) is 0. The van der Waals surface area contributed by atoms with E-state index >= 15 is 0 Å². The number of nitrogens with two attached hydrogens (primary N) is 1. The van der Waals surface area contributed by atoms with E-state index < -0.39 is 0 Å². The van der Waals surface area contributed by atoms with E-state index in [4.69, 9.17) is 5.73 Å². The first-order valence-electron chi connectivity index (χ1n) is 5.60. The molecule has 2 heteroatoms. The Morgan fingerprint density at radius 1 is 1.31 bits per heavy atom. The predicted octanol–water partition coefficient (Wildman–Crippen LogP) is 2.31. The predicted molar refractivity (Wildman–Crippen MR) is 64.7 cm³/mol. The molecule has 2 nitrogen and oxygen atoms in total. The second-order valence-corrected chi connectivity index (χ2v) is 4.24. The van der Waals surface area contributed by atoms with Crippen LogP contribution >= 0.6 is 0 Å². The van der Waals surface area contributed by atoms with Gasteiger partial charge in [-0.05, 0) is 17.2 Å². The lowest BCUT2D eigenvalue weighted by molar-refractivity contribution is 0.597. The maximum Gasteiger partial charge on any atom is 0.0489 e. The number of hydrogen-bond acceptors (Lipinski definition) is 2. The Balaban J connectivity index is 2.11. The van der Waals surface area contributed by atoms with Crippen molar-refractivity contribution in [3.8, 4) is 0 Å². The van der Waals surface area contributed by atoms with Crippen molar-refractivity contribution in [1.82, 2.24) is 4.98 Å². The molecular formula is C14H14N2. The van der Waals surface area contributed by atoms with E-state index in [1.807, 2.05) is 12.3 Å². The molecule has 1 aromatic heterocycles. The fraction of sp³-hybridized carbons (Fsp3) is 0.214. The molecular weight excluding hydrogens is 196 g/mol. The Hall–Kier alpha value is -1.67. The van der Waals surface area contributed by atoms with Gasteiger partial charge in [-0.15, -0.1) is 0 Å². The van der Waals surface area contributed by atoms with E-state index in [0.29, 0.717) is 5.92 Å². The summed E-state index contributed by atoms with van der Waals surface area (Å²) in [6.07, 6.45) is 13.4. The minimum atomic E-state index is 0.0265. The van der Waals surface area contributed by atoms with Gasteiger partial charge < -0.3 is 5.73 Å². The minimum Gasteiger partial charge on any atom is -0.323 e. The van der Waals surface area contributed by atoms with Gasteiger partial charge in [0.05, 0.1) is 0 Å². The van der Waals surface area contributed by atoms with Crippen LogP contribution in [0, 0.1) is 5.92 Å². The SMILES string of the molecule is NC1c2cccnc2CC=C2C=CC=CC21. The summed E-state index contributed by atoms with van der Waals surface area (Å²) in [6.45, 7) is 0. The Bertz CT molecular complexity index is 497. The first-order valence-corrected chi connectivity index (χ1v) is 5.60. The number of nitrogens with zero attached hydrogens (tertiary/aromatic N) is 1. The average molecular weight is 210 g/mol. The molecule has 0 fully saturated rings. The Morgan fingerprint density at radius 3 is 3.19 bits per heavy atom. The second-order valence-electron chi connectivity index (χ2n) is 4.24. The van der Waals surface area contributed by atoms with Gasteiger partial charge in [-0.1, -0.05) is 36.4 Å². The minimum absolute atomic E-state index is 0.0265. The molecule has 80 valence electrons. The van der Waals surface area contributed by atoms with Crippen molar-refractivity contribution in [2.75, 3.05) is 0 Å². The first kappa shape index (κ1) is 9.55. The second kappa shape index (κ2) is 3.72. The quantitative estimate of drug-likeness (QED) is 0.713. The third kappa shape index (κ3) is 1.42. The zero-order valence-electron chi connectivity index (χ0n) is 9.01. The van der Waals surface area contributed by atoms with Crippen molar-refractivity contribution in [3.63, 3.8) is 0 Å². The summed E-state index contributed by atoms with van der Waals surface area (Å²) >= 11 is 0. The lowest BCUT2D eigenvalue weighted by Crippen LogP contribution is -2.22. The summed E-state index contributed by atoms with van der Waals surface area (Å²) in [5.41, 5.74) is 9.94. The molecule has 0 aromatic carbocycles. The van der Waals surface area contributed by atoms with Crippen LogP contribution in [0.15, 0.2) is 54.3 Å². The van der Waals surface area contributed by atoms with Crippen molar-refractivity contribution >= 4 is 0 Å². The summed E-state index contributed by atoms with van der Waals surface area (Å²) in [5, 5.41) is 0. The number of pyridine rings is 1. The lowest BCUT2D eigenvalue weighted by Gasteiger charge is -2.23. The van der Waals surface area contributed by atoms with Crippen LogP contribution in [0.1, 0.15) is 17.3 Å². The van der Waals surface area contributed by atoms with Crippen molar-refractivity contribution in [1.29, 1.82) is 0 Å². The number of rotatable bonds is 0. The van der Waals surface area contributed by atoms with Gasteiger partial charge in [0.15, 0.2) is 0 Å². The molecule has 2 aliphatic carbocycles. The van der Waals surface area contributed by atoms with E-state index in [1.165, 1.54) is 11.1 Å². The highest BCUT2D eigenvalue weighted by atomic mass is 14.7. The smallest absolute Gasteiger partial charge is 0.0489 e. The first-order chi connectivity index (χ1) is 7.86. The number of aromatic nitrogens is 1. The standard InChI is InChI=1S/C14H14N2/c15-14-11-5-2-1-4-10(11)7-8-13-12(14)6-3-9-16-13/h1-7,9,11,14H,8,15H2. The molecule has 0 spiro atoms. The highest BCUT2D eigenvalue weighted by molar-refractivity contribution is 5.41. The zero-order chi connectivity index (χ0) is 11.0. The Morgan fingerprint density at radius 2 is 2.25 bits per heavy atom. The highest BCUT2D eigenvalue weighted by Crippen LogP contribution is 2.34. The molecule has 2 N–H and O–H groups in total. The molecule has 0 amide bonds. The topological polar surface area (TPSA) is 38.9 Å². The third-order valence-electron chi connectivity index (χ3n) is 3.31. The number of fused-ring (bicyclic) bond motifs is 2. The largest absolute Gasteiger partial charge is 0.323 e. The molecule has 2 atom stereocenters. The Kier molecular flexibility index (Phi) is 2.22. The van der Waals surface area contributed by atoms with Crippen LogP contribution < -0.4 is 5.73 Å². The van der Waals surface area contributed by atoms with Crippen LogP contribution in [0.5, 0.6) is 0 Å². The molecule has 1 heterocycles. The molecule has 0 radical (unpaired) electrons. The van der Waals surface area contributed by atoms with Crippen LogP contribution in [0.3, 0.4) is 0 Å². The fourth-order valence-electron chi connectivity index (χ4n) is 2.44. The lowest BCUT2D eigenvalue weighted by atomic mass is 9.86. The van der Waals surface area contributed by atoms with Gasteiger partial charge in [-0.2, -0.15) is 0 Å². The summed E-state index contributed by atoms with van der Waals surface area (Å²) in [6, 6.07) is 4.08. The zero-order valence-corrected chi connectivity index (χ0v) is 9.01. The molecule has 2 aliphatic rings. The van der Waals surface area contributed by atoms with Crippen molar-refractivity contribution in [3.05, 3.63) is 65.5 Å². The third-order valence-corrected chi connectivity index (χ3v) is 3.31. The molecule has 16 heavy (non-hydrogen) atoms. The molecule has 0 aliphatic heterocycles. The van der Waals surface area contributed by atoms with Crippen LogP contribution in [-0.4, -0.2) is 4.98 Å². The average Bonchev–Trinajstić information content (AvgIpc) is 2.49. The van der Waals surface area contributed by atoms with Gasteiger partial charge in [0.25, 0.3) is 0 Å². The van der Waals surface area contributed by atoms with Gasteiger partial charge >= 0.3 is 0 Å². The van der Waals surface area contributed by atoms with Gasteiger partial charge in [-0.25, -0.2) is 0 Å². The monoisotopic (exact) mass is 210 g/mol. The van der Waals surface area contributed by atoms with E-state index in [-0.39, 0.29) is 6.04 Å². The van der Waals surface area contributed by atoms with Crippen molar-refractivity contribution in [2.24, 2.45) is 11.7 Å². The van der Waals surface area contributed by atoms with Gasteiger partial charge in [0.1, 0.15) is 0 Å². The Labute approximate surface area is 95.2 Å².